The number of hydrogen-bond donors (Lipinski definition) is 2. The fraction of sp³-hybridized carbons (Fsp3) is 0.429. The number of likely N-dealkylation sites (N-methyl/N-ethyl adjacent to an activating group) is 1. The molecule has 6 heteroatoms. The zero-order valence-corrected chi connectivity index (χ0v) is 12.0. The molecule has 2 N–H and O–H groups in total. The summed E-state index contributed by atoms with van der Waals surface area (Å²) in [5.74, 6) is -0.247. The highest BCUT2D eigenvalue weighted by atomic mass is 16.3. The molecule has 1 unspecified atom stereocenters. The Morgan fingerprint density at radius 1 is 1.50 bits per heavy atom. The van der Waals surface area contributed by atoms with Gasteiger partial charge in [0.2, 0.25) is 0 Å². The number of rotatable bonds is 5. The summed E-state index contributed by atoms with van der Waals surface area (Å²) >= 11 is 0. The van der Waals surface area contributed by atoms with Crippen LogP contribution in [0.4, 0.5) is 0 Å². The lowest BCUT2D eigenvalue weighted by Crippen LogP contribution is -2.47. The van der Waals surface area contributed by atoms with Crippen molar-refractivity contribution in [2.45, 2.75) is 12.5 Å². The lowest BCUT2D eigenvalue weighted by atomic mass is 10.1. The van der Waals surface area contributed by atoms with E-state index >= 15 is 0 Å². The van der Waals surface area contributed by atoms with Gasteiger partial charge in [-0.2, -0.15) is 0 Å². The number of carbonyl (C=O) groups is 1. The first kappa shape index (κ1) is 14.5. The van der Waals surface area contributed by atoms with Crippen LogP contribution >= 0.6 is 0 Å². The van der Waals surface area contributed by atoms with Crippen LogP contribution in [0.1, 0.15) is 17.4 Å². The Balaban J connectivity index is 2.06. The average Bonchev–Trinajstić information content (AvgIpc) is 2.78. The lowest BCUT2D eigenvalue weighted by molar-refractivity contribution is 0.0325. The molecule has 0 aliphatic heterocycles. The van der Waals surface area contributed by atoms with E-state index in [0.29, 0.717) is 12.2 Å². The monoisotopic (exact) mass is 276 g/mol. The van der Waals surface area contributed by atoms with E-state index < -0.39 is 5.60 Å². The molecule has 0 saturated heterocycles. The number of aliphatic hydroxyl groups is 1. The molecule has 0 radical (unpaired) electrons. The van der Waals surface area contributed by atoms with Gasteiger partial charge in [-0.3, -0.25) is 9.20 Å². The van der Waals surface area contributed by atoms with Crippen LogP contribution in [0.15, 0.2) is 30.6 Å². The van der Waals surface area contributed by atoms with Gasteiger partial charge in [-0.1, -0.05) is 6.07 Å². The second kappa shape index (κ2) is 5.60. The number of pyridine rings is 1. The molecule has 6 nitrogen and oxygen atoms in total. The van der Waals surface area contributed by atoms with Gasteiger partial charge in [0.1, 0.15) is 11.3 Å². The quantitative estimate of drug-likeness (QED) is 0.828. The molecule has 1 atom stereocenters. The summed E-state index contributed by atoms with van der Waals surface area (Å²) in [5, 5.41) is 12.9. The molecule has 0 saturated carbocycles. The molecular weight excluding hydrogens is 256 g/mol. The van der Waals surface area contributed by atoms with E-state index in [1.807, 2.05) is 37.2 Å². The molecule has 108 valence electrons. The van der Waals surface area contributed by atoms with Crippen molar-refractivity contribution in [1.82, 2.24) is 19.6 Å². The van der Waals surface area contributed by atoms with Crippen LogP contribution in [0.25, 0.3) is 5.65 Å². The molecule has 0 fully saturated rings. The zero-order chi connectivity index (χ0) is 14.8. The molecule has 0 spiro atoms. The first-order valence-corrected chi connectivity index (χ1v) is 6.46. The van der Waals surface area contributed by atoms with Crippen LogP contribution in [0, 0.1) is 0 Å². The molecule has 2 rings (SSSR count). The second-order valence-corrected chi connectivity index (χ2v) is 5.49. The maximum Gasteiger partial charge on any atom is 0.270 e. The van der Waals surface area contributed by atoms with Gasteiger partial charge in [-0.05, 0) is 33.2 Å². The number of carbonyl (C=O) groups excluding carboxylic acids is 1. The molecule has 1 amide bonds. The van der Waals surface area contributed by atoms with Crippen LogP contribution in [-0.4, -0.2) is 58.1 Å². The number of fused-ring (bicyclic) bond motifs is 1. The second-order valence-electron chi connectivity index (χ2n) is 5.49. The summed E-state index contributed by atoms with van der Waals surface area (Å²) in [6, 6.07) is 5.54. The maximum atomic E-state index is 12.2. The maximum absolute atomic E-state index is 12.2. The zero-order valence-electron chi connectivity index (χ0n) is 12.0. The van der Waals surface area contributed by atoms with Crippen molar-refractivity contribution in [1.29, 1.82) is 0 Å². The Labute approximate surface area is 118 Å². The van der Waals surface area contributed by atoms with E-state index in [4.69, 9.17) is 0 Å². The average molecular weight is 276 g/mol. The molecule has 0 bridgehead atoms. The Morgan fingerprint density at radius 2 is 2.25 bits per heavy atom. The molecule has 0 aromatic carbocycles. The fourth-order valence-corrected chi connectivity index (χ4v) is 2.20. The lowest BCUT2D eigenvalue weighted by Gasteiger charge is -2.26. The van der Waals surface area contributed by atoms with Crippen LogP contribution in [-0.2, 0) is 0 Å². The van der Waals surface area contributed by atoms with Gasteiger partial charge in [0.15, 0.2) is 0 Å². The van der Waals surface area contributed by atoms with Crippen molar-refractivity contribution in [2.75, 3.05) is 27.2 Å². The third-order valence-electron chi connectivity index (χ3n) is 2.94. The van der Waals surface area contributed by atoms with Gasteiger partial charge >= 0.3 is 0 Å². The summed E-state index contributed by atoms with van der Waals surface area (Å²) in [4.78, 5) is 18.2. The molecule has 0 aliphatic rings. The van der Waals surface area contributed by atoms with Crippen LogP contribution in [0.3, 0.4) is 0 Å². The van der Waals surface area contributed by atoms with Crippen molar-refractivity contribution in [2.24, 2.45) is 0 Å². The number of aromatic nitrogens is 2. The SMILES string of the molecule is CN(C)CC(C)(O)CNC(=O)c1cnc2ccccn12. The fourth-order valence-electron chi connectivity index (χ4n) is 2.20. The largest absolute Gasteiger partial charge is 0.387 e. The van der Waals surface area contributed by atoms with Crippen molar-refractivity contribution >= 4 is 11.6 Å². The van der Waals surface area contributed by atoms with Crippen LogP contribution < -0.4 is 5.32 Å². The molecule has 2 aromatic heterocycles. The molecule has 2 heterocycles. The third kappa shape index (κ3) is 3.34. The number of hydrogen-bond acceptors (Lipinski definition) is 4. The van der Waals surface area contributed by atoms with Gasteiger partial charge in [0.05, 0.1) is 11.8 Å². The van der Waals surface area contributed by atoms with E-state index in [1.54, 1.807) is 17.5 Å². The van der Waals surface area contributed by atoms with E-state index in [1.165, 1.54) is 6.20 Å². The van der Waals surface area contributed by atoms with Crippen LogP contribution in [0.2, 0.25) is 0 Å². The molecule has 2 aromatic rings. The van der Waals surface area contributed by atoms with Crippen molar-refractivity contribution in [3.63, 3.8) is 0 Å². The van der Waals surface area contributed by atoms with Gasteiger partial charge in [0.25, 0.3) is 5.91 Å². The normalized spacial score (nSPS) is 14.4. The number of nitrogens with zero attached hydrogens (tertiary/aromatic N) is 3. The highest BCUT2D eigenvalue weighted by Gasteiger charge is 2.23. The standard InChI is InChI=1S/C14H20N4O2/c1-14(20,10-17(2)3)9-16-13(19)11-8-15-12-6-4-5-7-18(11)12/h4-8,20H,9-10H2,1-3H3,(H,16,19). The summed E-state index contributed by atoms with van der Waals surface area (Å²) in [5.41, 5.74) is 0.207. The number of imidazole rings is 1. The van der Waals surface area contributed by atoms with E-state index in [0.717, 1.165) is 5.65 Å². The minimum Gasteiger partial charge on any atom is -0.387 e. The summed E-state index contributed by atoms with van der Waals surface area (Å²) in [7, 11) is 3.75. The number of amides is 1. The Hall–Kier alpha value is -1.92. The predicted molar refractivity (Wildman–Crippen MR) is 76.7 cm³/mol. The molecule has 0 aliphatic carbocycles. The summed E-state index contributed by atoms with van der Waals surface area (Å²) < 4.78 is 1.72. The smallest absolute Gasteiger partial charge is 0.270 e. The van der Waals surface area contributed by atoms with Crippen LogP contribution in [0.5, 0.6) is 0 Å². The Morgan fingerprint density at radius 3 is 2.95 bits per heavy atom. The van der Waals surface area contributed by atoms with Gasteiger partial charge < -0.3 is 15.3 Å². The first-order valence-electron chi connectivity index (χ1n) is 6.46. The Bertz CT molecular complexity index is 604. The Kier molecular flexibility index (Phi) is 4.06. The van der Waals surface area contributed by atoms with Crippen molar-refractivity contribution < 1.29 is 9.90 Å². The highest BCUT2D eigenvalue weighted by Crippen LogP contribution is 2.07. The summed E-state index contributed by atoms with van der Waals surface area (Å²) in [6.07, 6.45) is 3.32. The van der Waals surface area contributed by atoms with Crippen molar-refractivity contribution in [3.05, 3.63) is 36.3 Å². The minimum absolute atomic E-state index is 0.185. The summed E-state index contributed by atoms with van der Waals surface area (Å²) in [6.45, 7) is 2.35. The van der Waals surface area contributed by atoms with Gasteiger partial charge in [0, 0.05) is 19.3 Å². The third-order valence-corrected chi connectivity index (χ3v) is 2.94. The van der Waals surface area contributed by atoms with E-state index in [-0.39, 0.29) is 12.5 Å². The number of nitrogens with one attached hydrogen (secondary N) is 1. The molecular formula is C14H20N4O2. The minimum atomic E-state index is -0.973. The van der Waals surface area contributed by atoms with Gasteiger partial charge in [-0.25, -0.2) is 4.98 Å². The van der Waals surface area contributed by atoms with Crippen molar-refractivity contribution in [3.8, 4) is 0 Å². The van der Waals surface area contributed by atoms with E-state index in [9.17, 15) is 9.90 Å². The van der Waals surface area contributed by atoms with E-state index in [2.05, 4.69) is 10.3 Å². The van der Waals surface area contributed by atoms with Gasteiger partial charge in [-0.15, -0.1) is 0 Å². The first-order chi connectivity index (χ1) is 9.39. The molecule has 20 heavy (non-hydrogen) atoms. The topological polar surface area (TPSA) is 69.9 Å². The highest BCUT2D eigenvalue weighted by molar-refractivity contribution is 5.93. The predicted octanol–water partition coefficient (Wildman–Crippen LogP) is 0.377.